The Morgan fingerprint density at radius 2 is 0.987 bits per heavy atom. The molecular weight excluding hydrogens is 1040 g/mol. The first-order chi connectivity index (χ1) is 36.8. The lowest BCUT2D eigenvalue weighted by Gasteiger charge is -2.24. The van der Waals surface area contributed by atoms with Crippen LogP contribution in [0.25, 0.3) is 21.8 Å². The number of likely N-dealkylation sites (tertiary alicyclic amines) is 2. The topological polar surface area (TPSA) is 172 Å². The number of fused-ring (bicyclic) bond motifs is 4. The zero-order valence-electron chi connectivity index (χ0n) is 41.5. The summed E-state index contributed by atoms with van der Waals surface area (Å²) in [6.45, 7) is 9.72. The number of ether oxygens (including phenoxy) is 6. The fraction of sp³-hybridized carbons (Fsp3) is 0.370. The molecule has 4 aliphatic heterocycles. The van der Waals surface area contributed by atoms with E-state index in [-0.39, 0.29) is 60.4 Å². The third kappa shape index (κ3) is 13.4. The number of anilines is 4. The number of Topliss-reactive ketones (excluding diaryl/α,β-unsaturated/α-hetero) is 2. The highest BCUT2D eigenvalue weighted by Gasteiger charge is 2.37. The van der Waals surface area contributed by atoms with E-state index in [4.69, 9.17) is 51.6 Å². The van der Waals surface area contributed by atoms with Crippen LogP contribution in [0, 0.1) is 11.6 Å². The quantitative estimate of drug-likeness (QED) is 0.0616. The summed E-state index contributed by atoms with van der Waals surface area (Å²) < 4.78 is 91.2. The van der Waals surface area contributed by atoms with Crippen molar-refractivity contribution in [2.24, 2.45) is 0 Å². The molecule has 22 heteroatoms. The van der Waals surface area contributed by atoms with Crippen LogP contribution in [0.2, 0.25) is 10.0 Å². The van der Waals surface area contributed by atoms with Gasteiger partial charge in [-0.15, -0.1) is 0 Å². The van der Waals surface area contributed by atoms with Crippen LogP contribution in [0.3, 0.4) is 0 Å². The number of ketones is 2. The maximum atomic E-state index is 14.9. The second-order valence-electron chi connectivity index (χ2n) is 18.2. The van der Waals surface area contributed by atoms with E-state index in [1.54, 1.807) is 24.3 Å². The minimum atomic E-state index is -0.812. The van der Waals surface area contributed by atoms with Crippen molar-refractivity contribution in [3.05, 3.63) is 130 Å². The first-order valence-electron chi connectivity index (χ1n) is 24.8. The van der Waals surface area contributed by atoms with Gasteiger partial charge in [0.2, 0.25) is 0 Å². The number of benzene rings is 4. The van der Waals surface area contributed by atoms with Crippen LogP contribution in [-0.2, 0) is 41.4 Å². The van der Waals surface area contributed by atoms with Crippen LogP contribution in [-0.4, -0.2) is 145 Å². The molecular formula is C54H54Cl2F4N8O8. The highest BCUT2D eigenvalue weighted by molar-refractivity contribution is 6.31. The molecule has 6 aromatic rings. The largest absolute Gasteiger partial charge is 0.494 e. The molecule has 0 bridgehead atoms. The number of carbonyl (C=O) groups is 2. The number of nitrogens with one attached hydrogen (secondary N) is 2. The van der Waals surface area contributed by atoms with Gasteiger partial charge >= 0.3 is 0 Å². The number of carbonyl (C=O) groups excluding carboxylic acids is 2. The van der Waals surface area contributed by atoms with Crippen molar-refractivity contribution in [3.8, 4) is 11.5 Å². The van der Waals surface area contributed by atoms with E-state index >= 15 is 0 Å². The lowest BCUT2D eigenvalue weighted by atomic mass is 10.0. The number of allylic oxidation sites excluding steroid dienone is 2. The number of hydrogen-bond acceptors (Lipinski definition) is 16. The summed E-state index contributed by atoms with van der Waals surface area (Å²) in [7, 11) is 0. The number of halogens is 6. The Kier molecular flexibility index (Phi) is 18.0. The SMILES string of the molecule is CCOc1cc2ncnc(Nc3ccc(F)c(Cl)c3)c2cc1CC(=O)/C(F)=C/CN1C[C@@H]2OCCO[C@@H]2C1.CCOc1cc2ncnc(Nc3ccc(F)c(Cl)c3)c2cc1CC(=O)/C(F)=C\CN1C[C@@H]2OCCO[C@@H]2C1. The molecule has 0 aliphatic carbocycles. The number of aromatic nitrogens is 4. The normalized spacial score (nSPS) is 19.9. The Morgan fingerprint density at radius 3 is 1.34 bits per heavy atom. The van der Waals surface area contributed by atoms with Gasteiger partial charge in [-0.05, 0) is 74.5 Å². The van der Waals surface area contributed by atoms with Gasteiger partial charge in [-0.25, -0.2) is 37.5 Å². The minimum absolute atomic E-state index is 0.0155. The summed E-state index contributed by atoms with van der Waals surface area (Å²) in [6.07, 6.45) is 4.88. The van der Waals surface area contributed by atoms with Crippen molar-refractivity contribution in [2.45, 2.75) is 51.1 Å². The van der Waals surface area contributed by atoms with Crippen LogP contribution in [0.15, 0.2) is 97.1 Å². The molecule has 6 heterocycles. The maximum absolute atomic E-state index is 14.9. The monoisotopic (exact) mass is 1090 g/mol. The second kappa shape index (κ2) is 25.2. The van der Waals surface area contributed by atoms with E-state index in [0.29, 0.717) is 133 Å². The molecule has 0 amide bonds. The van der Waals surface area contributed by atoms with Gasteiger partial charge in [-0.3, -0.25) is 19.4 Å². The van der Waals surface area contributed by atoms with Crippen molar-refractivity contribution in [2.75, 3.05) is 89.5 Å². The van der Waals surface area contributed by atoms with Crippen molar-refractivity contribution in [1.29, 1.82) is 0 Å². The van der Waals surface area contributed by atoms with Crippen LogP contribution >= 0.6 is 23.2 Å². The van der Waals surface area contributed by atoms with Gasteiger partial charge < -0.3 is 39.1 Å². The number of nitrogens with zero attached hydrogens (tertiary/aromatic N) is 6. The Balaban J connectivity index is 0.000000186. The fourth-order valence-electron chi connectivity index (χ4n) is 9.27. The molecule has 4 atom stereocenters. The Labute approximate surface area is 445 Å². The summed E-state index contributed by atoms with van der Waals surface area (Å²) >= 11 is 11.8. The highest BCUT2D eigenvalue weighted by atomic mass is 35.5. The lowest BCUT2D eigenvalue weighted by molar-refractivity contribution is -0.117. The van der Waals surface area contributed by atoms with Crippen molar-refractivity contribution in [1.82, 2.24) is 29.7 Å². The number of hydrogen-bond donors (Lipinski definition) is 2. The highest BCUT2D eigenvalue weighted by Crippen LogP contribution is 2.34. The molecule has 16 nitrogen and oxygen atoms in total. The summed E-state index contributed by atoms with van der Waals surface area (Å²) in [6, 6.07) is 15.2. The van der Waals surface area contributed by atoms with Gasteiger partial charge in [0, 0.05) is 97.5 Å². The molecule has 4 aromatic carbocycles. The van der Waals surface area contributed by atoms with E-state index in [2.05, 4.69) is 30.6 Å². The van der Waals surface area contributed by atoms with Crippen LogP contribution in [0.5, 0.6) is 11.5 Å². The van der Waals surface area contributed by atoms with E-state index in [1.165, 1.54) is 61.2 Å². The van der Waals surface area contributed by atoms with Gasteiger partial charge in [-0.2, -0.15) is 0 Å². The number of rotatable bonds is 18. The average Bonchev–Trinajstić information content (AvgIpc) is 4.06. The molecule has 0 spiro atoms. The Bertz CT molecular complexity index is 2920. The second-order valence-corrected chi connectivity index (χ2v) is 19.0. The van der Waals surface area contributed by atoms with Crippen molar-refractivity contribution in [3.63, 3.8) is 0 Å². The van der Waals surface area contributed by atoms with Crippen molar-refractivity contribution < 1.29 is 55.6 Å². The maximum Gasteiger partial charge on any atom is 0.195 e. The average molecular weight is 1090 g/mol. The van der Waals surface area contributed by atoms with E-state index < -0.39 is 34.9 Å². The lowest BCUT2D eigenvalue weighted by Crippen LogP contribution is -2.36. The first kappa shape index (κ1) is 54.4. The zero-order valence-corrected chi connectivity index (χ0v) is 43.0. The molecule has 0 saturated carbocycles. The molecule has 2 aromatic heterocycles. The molecule has 4 aliphatic rings. The molecule has 10 rings (SSSR count). The summed E-state index contributed by atoms with van der Waals surface area (Å²) in [5, 5.41) is 7.31. The molecule has 4 saturated heterocycles. The van der Waals surface area contributed by atoms with Gasteiger partial charge in [-0.1, -0.05) is 23.2 Å². The van der Waals surface area contributed by atoms with E-state index in [1.807, 2.05) is 23.6 Å². The smallest absolute Gasteiger partial charge is 0.195 e. The van der Waals surface area contributed by atoms with Gasteiger partial charge in [0.05, 0.1) is 85.1 Å². The first-order valence-corrected chi connectivity index (χ1v) is 25.5. The zero-order chi connectivity index (χ0) is 53.3. The standard InChI is InChI=1S/2C27H27ClF2N4O4/c2*1-2-36-24-12-22-18(27(32-15-31-22)33-17-3-4-20(29)19(28)11-17)9-16(24)10-23(35)21(30)5-6-34-13-25-26(14-34)38-8-7-37-25/h2*3-5,9,11-12,15,25-26H,2,6-8,10,13-14H2,1H3,(H,31,32,33)/b21-5+;21-5-/t2*25-,26+. The molecule has 76 heavy (non-hydrogen) atoms. The van der Waals surface area contributed by atoms with Crippen LogP contribution in [0.4, 0.5) is 40.6 Å². The Hall–Kier alpha value is -6.36. The minimum Gasteiger partial charge on any atom is -0.494 e. The van der Waals surface area contributed by atoms with Crippen LogP contribution < -0.4 is 20.1 Å². The van der Waals surface area contributed by atoms with E-state index in [9.17, 15) is 27.2 Å². The van der Waals surface area contributed by atoms with Crippen molar-refractivity contribution >= 4 is 79.6 Å². The fourth-order valence-corrected chi connectivity index (χ4v) is 9.63. The predicted octanol–water partition coefficient (Wildman–Crippen LogP) is 9.26. The van der Waals surface area contributed by atoms with Gasteiger partial charge in [0.1, 0.15) is 47.4 Å². The Morgan fingerprint density at radius 1 is 0.605 bits per heavy atom. The summed E-state index contributed by atoms with van der Waals surface area (Å²) in [4.78, 5) is 46.9. The summed E-state index contributed by atoms with van der Waals surface area (Å²) in [5.41, 5.74) is 3.16. The molecule has 0 radical (unpaired) electrons. The third-order valence-electron chi connectivity index (χ3n) is 13.0. The van der Waals surface area contributed by atoms with Crippen LogP contribution in [0.1, 0.15) is 25.0 Å². The molecule has 4 fully saturated rings. The predicted molar refractivity (Wildman–Crippen MR) is 278 cm³/mol. The van der Waals surface area contributed by atoms with E-state index in [0.717, 1.165) is 0 Å². The summed E-state index contributed by atoms with van der Waals surface area (Å²) in [5.74, 6) is -2.30. The molecule has 400 valence electrons. The van der Waals surface area contributed by atoms with Gasteiger partial charge in [0.25, 0.3) is 0 Å². The molecule has 0 unspecified atom stereocenters. The molecule has 2 N–H and O–H groups in total. The third-order valence-corrected chi connectivity index (χ3v) is 13.5. The van der Waals surface area contributed by atoms with Gasteiger partial charge in [0.15, 0.2) is 23.2 Å².